The molecule has 0 fully saturated rings. The van der Waals surface area contributed by atoms with Crippen LogP contribution in [-0.2, 0) is 4.79 Å². The van der Waals surface area contributed by atoms with Crippen molar-refractivity contribution in [3.8, 4) is 0 Å². The molecule has 0 saturated carbocycles. The third-order valence-electron chi connectivity index (χ3n) is 4.20. The lowest BCUT2D eigenvalue weighted by atomic mass is 10.1. The molecule has 0 saturated heterocycles. The van der Waals surface area contributed by atoms with E-state index in [4.69, 9.17) is 0 Å². The number of hydrogen-bond acceptors (Lipinski definition) is 3. The number of carbonyl (C=O) groups excluding carboxylic acids is 1. The Hall–Kier alpha value is -3.48. The van der Waals surface area contributed by atoms with Crippen LogP contribution in [0, 0.1) is 19.7 Å². The molecule has 6 nitrogen and oxygen atoms in total. The fraction of sp³-hybridized carbons (Fsp3) is 0.150. The fourth-order valence-corrected chi connectivity index (χ4v) is 2.96. The number of benzene rings is 2. The van der Waals surface area contributed by atoms with E-state index >= 15 is 0 Å². The summed E-state index contributed by atoms with van der Waals surface area (Å²) in [6.07, 6.45) is 1.51. The van der Waals surface area contributed by atoms with Gasteiger partial charge in [0.05, 0.1) is 17.4 Å². The maximum Gasteiger partial charge on any atom is 0.416 e. The molecule has 2 aromatic carbocycles. The number of nitrogens with zero attached hydrogens (tertiary/aromatic N) is 3. The van der Waals surface area contributed by atoms with E-state index in [0.29, 0.717) is 16.6 Å². The Kier molecular flexibility index (Phi) is 4.77. The third-order valence-corrected chi connectivity index (χ3v) is 4.20. The molecule has 1 N–H and O–H groups in total. The lowest BCUT2D eigenvalue weighted by Crippen LogP contribution is -2.23. The van der Waals surface area contributed by atoms with Gasteiger partial charge in [0.2, 0.25) is 5.91 Å². The summed E-state index contributed by atoms with van der Waals surface area (Å²) in [6.45, 7) is 5.23. The van der Waals surface area contributed by atoms with E-state index in [1.165, 1.54) is 36.5 Å². The van der Waals surface area contributed by atoms with Crippen molar-refractivity contribution in [1.29, 1.82) is 0 Å². The predicted molar refractivity (Wildman–Crippen MR) is 102 cm³/mol. The number of hydrazone groups is 1. The van der Waals surface area contributed by atoms with Crippen molar-refractivity contribution in [2.45, 2.75) is 20.8 Å². The van der Waals surface area contributed by atoms with Crippen LogP contribution in [0.4, 0.5) is 14.9 Å². The highest BCUT2D eigenvalue weighted by Crippen LogP contribution is 2.24. The highest BCUT2D eigenvalue weighted by molar-refractivity contribution is 6.04. The standard InChI is InChI=1S/C20H18FN3O3/c1-12-4-7-18(13(2)8-12)24(14(3)25)22-10-15-11-23(20(26)27)19-9-16(21)5-6-17(15)19/h4-11H,1-3H3,(H,26,27)/b22-10+. The molecule has 138 valence electrons. The minimum Gasteiger partial charge on any atom is -0.464 e. The highest BCUT2D eigenvalue weighted by atomic mass is 19.1. The first-order valence-electron chi connectivity index (χ1n) is 8.24. The van der Waals surface area contributed by atoms with Gasteiger partial charge in [0, 0.05) is 24.1 Å². The van der Waals surface area contributed by atoms with E-state index in [1.807, 2.05) is 26.0 Å². The van der Waals surface area contributed by atoms with E-state index < -0.39 is 11.9 Å². The summed E-state index contributed by atoms with van der Waals surface area (Å²) in [7, 11) is 0. The Bertz CT molecular complexity index is 1090. The normalized spacial score (nSPS) is 11.3. The van der Waals surface area contributed by atoms with Crippen molar-refractivity contribution in [1.82, 2.24) is 4.57 Å². The van der Waals surface area contributed by atoms with Gasteiger partial charge in [0.1, 0.15) is 5.82 Å². The minimum atomic E-state index is -1.23. The van der Waals surface area contributed by atoms with Crippen molar-refractivity contribution in [3.63, 3.8) is 0 Å². The molecule has 0 bridgehead atoms. The van der Waals surface area contributed by atoms with Crippen LogP contribution in [-0.4, -0.2) is 27.9 Å². The van der Waals surface area contributed by atoms with Crippen LogP contribution in [0.3, 0.4) is 0 Å². The first kappa shape index (κ1) is 18.3. The van der Waals surface area contributed by atoms with Crippen molar-refractivity contribution in [2.75, 3.05) is 5.01 Å². The van der Waals surface area contributed by atoms with Crippen molar-refractivity contribution in [3.05, 3.63) is 65.1 Å². The zero-order valence-electron chi connectivity index (χ0n) is 15.1. The van der Waals surface area contributed by atoms with E-state index in [1.54, 1.807) is 6.07 Å². The van der Waals surface area contributed by atoms with Gasteiger partial charge in [-0.15, -0.1) is 0 Å². The molecule has 1 heterocycles. The third kappa shape index (κ3) is 3.57. The number of fused-ring (bicyclic) bond motifs is 1. The summed E-state index contributed by atoms with van der Waals surface area (Å²) in [6, 6.07) is 9.51. The van der Waals surface area contributed by atoms with E-state index in [2.05, 4.69) is 5.10 Å². The van der Waals surface area contributed by atoms with Crippen molar-refractivity contribution < 1.29 is 19.1 Å². The first-order valence-corrected chi connectivity index (χ1v) is 8.24. The van der Waals surface area contributed by atoms with Gasteiger partial charge in [0.15, 0.2) is 0 Å². The molecule has 1 amide bonds. The lowest BCUT2D eigenvalue weighted by molar-refractivity contribution is -0.116. The van der Waals surface area contributed by atoms with Crippen molar-refractivity contribution >= 4 is 34.8 Å². The lowest BCUT2D eigenvalue weighted by Gasteiger charge is -2.17. The monoisotopic (exact) mass is 367 g/mol. The zero-order chi connectivity index (χ0) is 19.7. The van der Waals surface area contributed by atoms with Crippen LogP contribution >= 0.6 is 0 Å². The molecular formula is C20H18FN3O3. The molecule has 0 unspecified atom stereocenters. The highest BCUT2D eigenvalue weighted by Gasteiger charge is 2.15. The fourth-order valence-electron chi connectivity index (χ4n) is 2.96. The van der Waals surface area contributed by atoms with E-state index in [0.717, 1.165) is 21.8 Å². The number of aryl methyl sites for hydroxylation is 2. The second kappa shape index (κ2) is 7.03. The summed E-state index contributed by atoms with van der Waals surface area (Å²) in [4.78, 5) is 23.5. The number of rotatable bonds is 3. The molecule has 3 rings (SSSR count). The van der Waals surface area contributed by atoms with Crippen LogP contribution in [0.1, 0.15) is 23.6 Å². The average Bonchev–Trinajstić information content (AvgIpc) is 2.94. The first-order chi connectivity index (χ1) is 12.8. The molecule has 0 aliphatic rings. The Morgan fingerprint density at radius 3 is 2.56 bits per heavy atom. The van der Waals surface area contributed by atoms with Gasteiger partial charge in [-0.05, 0) is 43.7 Å². The molecular weight excluding hydrogens is 349 g/mol. The van der Waals surface area contributed by atoms with Crippen molar-refractivity contribution in [2.24, 2.45) is 5.10 Å². The molecule has 0 aliphatic heterocycles. The largest absolute Gasteiger partial charge is 0.464 e. The molecule has 27 heavy (non-hydrogen) atoms. The van der Waals surface area contributed by atoms with Gasteiger partial charge in [-0.25, -0.2) is 14.2 Å². The Labute approximate surface area is 155 Å². The molecule has 7 heteroatoms. The Morgan fingerprint density at radius 2 is 1.93 bits per heavy atom. The van der Waals surface area contributed by atoms with E-state index in [-0.39, 0.29) is 11.4 Å². The van der Waals surface area contributed by atoms with Crippen LogP contribution < -0.4 is 5.01 Å². The maximum atomic E-state index is 13.5. The van der Waals surface area contributed by atoms with Crippen LogP contribution in [0.2, 0.25) is 0 Å². The summed E-state index contributed by atoms with van der Waals surface area (Å²) in [5.41, 5.74) is 3.26. The molecule has 0 aliphatic carbocycles. The molecule has 0 radical (unpaired) electrons. The van der Waals surface area contributed by atoms with Crippen LogP contribution in [0.25, 0.3) is 10.9 Å². The number of halogens is 1. The van der Waals surface area contributed by atoms with E-state index in [9.17, 15) is 19.1 Å². The Balaban J connectivity index is 2.08. The average molecular weight is 367 g/mol. The SMILES string of the molecule is CC(=O)N(/N=C/c1cn(C(=O)O)c2cc(F)ccc12)c1ccc(C)cc1C. The van der Waals surface area contributed by atoms with Gasteiger partial charge in [-0.2, -0.15) is 5.10 Å². The minimum absolute atomic E-state index is 0.213. The molecule has 0 spiro atoms. The second-order valence-electron chi connectivity index (χ2n) is 6.26. The van der Waals surface area contributed by atoms with Gasteiger partial charge >= 0.3 is 6.09 Å². The topological polar surface area (TPSA) is 74.9 Å². The number of anilines is 1. The zero-order valence-corrected chi connectivity index (χ0v) is 15.1. The number of aromatic nitrogens is 1. The summed E-state index contributed by atoms with van der Waals surface area (Å²) in [5.74, 6) is -0.821. The van der Waals surface area contributed by atoms with Gasteiger partial charge in [0.25, 0.3) is 0 Å². The van der Waals surface area contributed by atoms with Crippen LogP contribution in [0.5, 0.6) is 0 Å². The number of carboxylic acid groups (broad SMARTS) is 1. The Morgan fingerprint density at radius 1 is 1.19 bits per heavy atom. The number of carbonyl (C=O) groups is 2. The second-order valence-corrected chi connectivity index (χ2v) is 6.26. The van der Waals surface area contributed by atoms with Gasteiger partial charge in [-0.3, -0.25) is 9.36 Å². The number of hydrogen-bond donors (Lipinski definition) is 1. The molecule has 0 atom stereocenters. The quantitative estimate of drug-likeness (QED) is 0.554. The molecule has 1 aromatic heterocycles. The summed E-state index contributed by atoms with van der Waals surface area (Å²) >= 11 is 0. The summed E-state index contributed by atoms with van der Waals surface area (Å²) in [5, 5.41) is 15.4. The summed E-state index contributed by atoms with van der Waals surface area (Å²) < 4.78 is 14.4. The van der Waals surface area contributed by atoms with Gasteiger partial charge in [-0.1, -0.05) is 17.7 Å². The maximum absolute atomic E-state index is 13.5. The van der Waals surface area contributed by atoms with Gasteiger partial charge < -0.3 is 5.11 Å². The molecule has 3 aromatic rings. The smallest absolute Gasteiger partial charge is 0.416 e. The predicted octanol–water partition coefficient (Wildman–Crippen LogP) is 4.31. The number of amides is 1. The van der Waals surface area contributed by atoms with Crippen LogP contribution in [0.15, 0.2) is 47.7 Å².